The predicted molar refractivity (Wildman–Crippen MR) is 37.7 cm³/mol. The first-order valence-corrected chi connectivity index (χ1v) is 3.49. The highest BCUT2D eigenvalue weighted by atomic mass is 16.4. The maximum absolute atomic E-state index is 10.5. The zero-order valence-electron chi connectivity index (χ0n) is 6.23. The quantitative estimate of drug-likeness (QED) is 0.593. The van der Waals surface area contributed by atoms with Gasteiger partial charge in [-0.05, 0) is 13.3 Å². The van der Waals surface area contributed by atoms with Crippen LogP contribution in [0.4, 0.5) is 0 Å². The molecular formula is C6H10N2O3. The van der Waals surface area contributed by atoms with E-state index in [1.807, 2.05) is 0 Å². The third-order valence-corrected chi connectivity index (χ3v) is 2.14. The molecule has 2 atom stereocenters. The zero-order chi connectivity index (χ0) is 8.43. The lowest BCUT2D eigenvalue weighted by Crippen LogP contribution is -2.28. The molecule has 0 aromatic carbocycles. The lowest BCUT2D eigenvalue weighted by atomic mass is 10.0. The lowest BCUT2D eigenvalue weighted by Gasteiger charge is -2.15. The maximum atomic E-state index is 10.5. The number of aliphatic carboxylic acids is 1. The van der Waals surface area contributed by atoms with Gasteiger partial charge in [0.25, 0.3) is 0 Å². The van der Waals surface area contributed by atoms with Crippen LogP contribution < -0.4 is 0 Å². The first kappa shape index (κ1) is 7.97. The van der Waals surface area contributed by atoms with Crippen molar-refractivity contribution in [3.05, 3.63) is 4.91 Å². The van der Waals surface area contributed by atoms with Crippen molar-refractivity contribution in [1.82, 2.24) is 5.01 Å². The van der Waals surface area contributed by atoms with Crippen molar-refractivity contribution in [2.24, 2.45) is 11.2 Å². The van der Waals surface area contributed by atoms with Gasteiger partial charge in [-0.1, -0.05) is 0 Å². The first-order valence-electron chi connectivity index (χ1n) is 3.49. The molecule has 1 aliphatic rings. The summed E-state index contributed by atoms with van der Waals surface area (Å²) in [4.78, 5) is 20.6. The Morgan fingerprint density at radius 2 is 2.36 bits per heavy atom. The summed E-state index contributed by atoms with van der Waals surface area (Å²) in [6.45, 7) is 2.16. The van der Waals surface area contributed by atoms with E-state index in [2.05, 4.69) is 5.29 Å². The van der Waals surface area contributed by atoms with Gasteiger partial charge in [0.15, 0.2) is 0 Å². The zero-order valence-corrected chi connectivity index (χ0v) is 6.23. The van der Waals surface area contributed by atoms with E-state index in [0.29, 0.717) is 13.0 Å². The highest BCUT2D eigenvalue weighted by Gasteiger charge is 2.35. The van der Waals surface area contributed by atoms with Gasteiger partial charge in [-0.15, -0.1) is 4.91 Å². The number of rotatable bonds is 2. The maximum Gasteiger partial charge on any atom is 0.308 e. The second-order valence-electron chi connectivity index (χ2n) is 2.72. The van der Waals surface area contributed by atoms with Crippen LogP contribution in [0.3, 0.4) is 0 Å². The first-order chi connectivity index (χ1) is 5.16. The van der Waals surface area contributed by atoms with Crippen LogP contribution in [0.25, 0.3) is 0 Å². The van der Waals surface area contributed by atoms with E-state index in [4.69, 9.17) is 5.11 Å². The van der Waals surface area contributed by atoms with Gasteiger partial charge in [0.05, 0.1) is 17.2 Å². The van der Waals surface area contributed by atoms with Crippen molar-refractivity contribution < 1.29 is 9.90 Å². The molecule has 1 rings (SSSR count). The van der Waals surface area contributed by atoms with Crippen molar-refractivity contribution >= 4 is 5.97 Å². The Bertz CT molecular complexity index is 183. The summed E-state index contributed by atoms with van der Waals surface area (Å²) < 4.78 is 0. The van der Waals surface area contributed by atoms with E-state index >= 15 is 0 Å². The second-order valence-corrected chi connectivity index (χ2v) is 2.72. The highest BCUT2D eigenvalue weighted by molar-refractivity contribution is 5.71. The average Bonchev–Trinajstić information content (AvgIpc) is 2.30. The number of hydrogen-bond donors (Lipinski definition) is 1. The van der Waals surface area contributed by atoms with Crippen molar-refractivity contribution in [1.29, 1.82) is 0 Å². The molecule has 1 fully saturated rings. The third kappa shape index (κ3) is 1.31. The third-order valence-electron chi connectivity index (χ3n) is 2.14. The number of carboxylic acid groups (broad SMARTS) is 1. The van der Waals surface area contributed by atoms with Crippen molar-refractivity contribution in [2.75, 3.05) is 6.54 Å². The topological polar surface area (TPSA) is 70.0 Å². The SMILES string of the molecule is CC1C(C(=O)O)CCN1N=O. The molecule has 62 valence electrons. The van der Waals surface area contributed by atoms with Crippen LogP contribution in [0, 0.1) is 10.8 Å². The molecule has 0 amide bonds. The molecule has 1 heterocycles. The van der Waals surface area contributed by atoms with Crippen molar-refractivity contribution in [3.63, 3.8) is 0 Å². The number of hydrogen-bond acceptors (Lipinski definition) is 3. The number of nitrogens with zero attached hydrogens (tertiary/aromatic N) is 2. The largest absolute Gasteiger partial charge is 0.481 e. The molecular weight excluding hydrogens is 148 g/mol. The molecule has 0 spiro atoms. The molecule has 5 nitrogen and oxygen atoms in total. The number of nitroso groups, excluding NO2 is 1. The monoisotopic (exact) mass is 158 g/mol. The minimum absolute atomic E-state index is 0.259. The second kappa shape index (κ2) is 2.86. The minimum Gasteiger partial charge on any atom is -0.481 e. The summed E-state index contributed by atoms with van der Waals surface area (Å²) >= 11 is 0. The Balaban J connectivity index is 2.62. The molecule has 0 aromatic rings. The van der Waals surface area contributed by atoms with E-state index in [9.17, 15) is 9.70 Å². The summed E-state index contributed by atoms with van der Waals surface area (Å²) in [6.07, 6.45) is 0.516. The lowest BCUT2D eigenvalue weighted by molar-refractivity contribution is -0.142. The fourth-order valence-corrected chi connectivity index (χ4v) is 1.37. The van der Waals surface area contributed by atoms with E-state index in [1.54, 1.807) is 6.92 Å². The van der Waals surface area contributed by atoms with Crippen LogP contribution in [0.2, 0.25) is 0 Å². The molecule has 0 aliphatic carbocycles. The molecule has 0 saturated carbocycles. The van der Waals surface area contributed by atoms with Crippen LogP contribution in [0.1, 0.15) is 13.3 Å². The average molecular weight is 158 g/mol. The fourth-order valence-electron chi connectivity index (χ4n) is 1.37. The summed E-state index contributed by atoms with van der Waals surface area (Å²) in [6, 6.07) is -0.259. The van der Waals surface area contributed by atoms with Gasteiger partial charge >= 0.3 is 5.97 Å². The minimum atomic E-state index is -0.844. The predicted octanol–water partition coefficient (Wildman–Crippen LogP) is 0.463. The van der Waals surface area contributed by atoms with Crippen LogP contribution in [-0.4, -0.2) is 28.7 Å². The Kier molecular flexibility index (Phi) is 2.07. The summed E-state index contributed by atoms with van der Waals surface area (Å²) in [5.41, 5.74) is 0. The van der Waals surface area contributed by atoms with Crippen LogP contribution in [0.5, 0.6) is 0 Å². The summed E-state index contributed by atoms with van der Waals surface area (Å²) in [7, 11) is 0. The Morgan fingerprint density at radius 3 is 2.64 bits per heavy atom. The van der Waals surface area contributed by atoms with Gasteiger partial charge in [-0.2, -0.15) is 0 Å². The number of carboxylic acids is 1. The van der Waals surface area contributed by atoms with Crippen molar-refractivity contribution in [3.8, 4) is 0 Å². The van der Waals surface area contributed by atoms with Crippen LogP contribution in [0.15, 0.2) is 5.29 Å². The summed E-state index contributed by atoms with van der Waals surface area (Å²) in [5, 5.41) is 12.6. The molecule has 1 saturated heterocycles. The Labute approximate surface area is 63.9 Å². The van der Waals surface area contributed by atoms with Crippen LogP contribution >= 0.6 is 0 Å². The smallest absolute Gasteiger partial charge is 0.308 e. The molecule has 1 N–H and O–H groups in total. The standard InChI is InChI=1S/C6H10N2O3/c1-4-5(6(9)10)2-3-8(4)7-11/h4-5H,2-3H2,1H3,(H,9,10). The Hall–Kier alpha value is -1.13. The van der Waals surface area contributed by atoms with Gasteiger partial charge in [0, 0.05) is 6.54 Å². The molecule has 11 heavy (non-hydrogen) atoms. The molecule has 0 bridgehead atoms. The van der Waals surface area contributed by atoms with E-state index in [0.717, 1.165) is 0 Å². The van der Waals surface area contributed by atoms with Gasteiger partial charge in [0.1, 0.15) is 0 Å². The molecule has 1 aliphatic heterocycles. The molecule has 0 radical (unpaired) electrons. The van der Waals surface area contributed by atoms with Crippen molar-refractivity contribution in [2.45, 2.75) is 19.4 Å². The van der Waals surface area contributed by atoms with Gasteiger partial charge < -0.3 is 5.11 Å². The van der Waals surface area contributed by atoms with E-state index in [-0.39, 0.29) is 6.04 Å². The molecule has 2 unspecified atom stereocenters. The van der Waals surface area contributed by atoms with Gasteiger partial charge in [0.2, 0.25) is 0 Å². The Morgan fingerprint density at radius 1 is 1.73 bits per heavy atom. The number of carbonyl (C=O) groups is 1. The van der Waals surface area contributed by atoms with E-state index in [1.165, 1.54) is 5.01 Å². The summed E-state index contributed by atoms with van der Waals surface area (Å²) in [5.74, 6) is -1.28. The molecule has 5 heteroatoms. The molecule has 0 aromatic heterocycles. The van der Waals surface area contributed by atoms with Gasteiger partial charge in [-0.3, -0.25) is 9.80 Å². The van der Waals surface area contributed by atoms with E-state index < -0.39 is 11.9 Å². The normalized spacial score (nSPS) is 30.5. The highest BCUT2D eigenvalue weighted by Crippen LogP contribution is 2.23. The fraction of sp³-hybridized carbons (Fsp3) is 0.833. The van der Waals surface area contributed by atoms with Crippen LogP contribution in [-0.2, 0) is 4.79 Å². The van der Waals surface area contributed by atoms with Gasteiger partial charge in [-0.25, -0.2) is 0 Å².